The molecule has 0 aromatic carbocycles. The topological polar surface area (TPSA) is 18.5 Å². The summed E-state index contributed by atoms with van der Waals surface area (Å²) in [4.78, 5) is 5.36. The molecule has 1 N–H and O–H groups in total. The third-order valence-corrected chi connectivity index (χ3v) is 5.35. The van der Waals surface area contributed by atoms with Crippen LogP contribution in [0.25, 0.3) is 0 Å². The van der Waals surface area contributed by atoms with Crippen molar-refractivity contribution in [2.45, 2.75) is 65.1 Å². The standard InChI is InChI=1S/C17H33N3/c1-5-17(15(3)19-12-9-18-10-13-19)16(4)20-11-7-6-8-14(20)2/h5,14-16,18H,6-13H2,1-4H3/b17-5+. The van der Waals surface area contributed by atoms with Crippen LogP contribution in [0, 0.1) is 0 Å². The van der Waals surface area contributed by atoms with Gasteiger partial charge >= 0.3 is 0 Å². The number of likely N-dealkylation sites (tertiary alicyclic amines) is 1. The fourth-order valence-electron chi connectivity index (χ4n) is 4.00. The summed E-state index contributed by atoms with van der Waals surface area (Å²) in [6.45, 7) is 15.3. The Morgan fingerprint density at radius 1 is 1.10 bits per heavy atom. The van der Waals surface area contributed by atoms with Crippen LogP contribution in [0.2, 0.25) is 0 Å². The average molecular weight is 279 g/mol. The molecule has 0 amide bonds. The molecule has 3 heteroatoms. The molecule has 0 spiro atoms. The van der Waals surface area contributed by atoms with Gasteiger partial charge in [0, 0.05) is 44.3 Å². The third kappa shape index (κ3) is 3.63. The van der Waals surface area contributed by atoms with E-state index in [9.17, 15) is 0 Å². The second-order valence-electron chi connectivity index (χ2n) is 6.51. The molecule has 116 valence electrons. The summed E-state index contributed by atoms with van der Waals surface area (Å²) in [7, 11) is 0. The van der Waals surface area contributed by atoms with Crippen molar-refractivity contribution in [2.75, 3.05) is 32.7 Å². The number of hydrogen-bond acceptors (Lipinski definition) is 3. The molecule has 0 bridgehead atoms. The highest BCUT2D eigenvalue weighted by atomic mass is 15.2. The molecule has 3 nitrogen and oxygen atoms in total. The minimum Gasteiger partial charge on any atom is -0.314 e. The maximum atomic E-state index is 3.45. The van der Waals surface area contributed by atoms with Crippen molar-refractivity contribution in [3.05, 3.63) is 11.6 Å². The Morgan fingerprint density at radius 2 is 1.80 bits per heavy atom. The van der Waals surface area contributed by atoms with Crippen LogP contribution in [-0.2, 0) is 0 Å². The Balaban J connectivity index is 2.02. The number of allylic oxidation sites excluding steroid dienone is 1. The minimum atomic E-state index is 0.575. The first kappa shape index (κ1) is 16.0. The molecule has 0 aromatic rings. The number of piperidine rings is 1. The van der Waals surface area contributed by atoms with E-state index in [0.29, 0.717) is 12.1 Å². The maximum Gasteiger partial charge on any atom is 0.0297 e. The molecule has 20 heavy (non-hydrogen) atoms. The van der Waals surface area contributed by atoms with Crippen molar-refractivity contribution < 1.29 is 0 Å². The zero-order valence-corrected chi connectivity index (χ0v) is 13.9. The van der Waals surface area contributed by atoms with E-state index in [1.165, 1.54) is 38.9 Å². The van der Waals surface area contributed by atoms with Crippen LogP contribution < -0.4 is 5.32 Å². The van der Waals surface area contributed by atoms with E-state index >= 15 is 0 Å². The molecule has 2 saturated heterocycles. The number of hydrogen-bond donors (Lipinski definition) is 1. The number of rotatable bonds is 4. The quantitative estimate of drug-likeness (QED) is 0.798. The zero-order valence-electron chi connectivity index (χ0n) is 13.9. The van der Waals surface area contributed by atoms with Crippen molar-refractivity contribution in [3.8, 4) is 0 Å². The molecule has 0 aromatic heterocycles. The largest absolute Gasteiger partial charge is 0.314 e. The van der Waals surface area contributed by atoms with Gasteiger partial charge in [-0.1, -0.05) is 12.5 Å². The van der Waals surface area contributed by atoms with Crippen LogP contribution in [0.5, 0.6) is 0 Å². The predicted molar refractivity (Wildman–Crippen MR) is 87.1 cm³/mol. The van der Waals surface area contributed by atoms with Crippen molar-refractivity contribution in [3.63, 3.8) is 0 Å². The van der Waals surface area contributed by atoms with Crippen LogP contribution in [-0.4, -0.2) is 60.6 Å². The van der Waals surface area contributed by atoms with Crippen molar-refractivity contribution in [1.82, 2.24) is 15.1 Å². The van der Waals surface area contributed by atoms with Gasteiger partial charge in [0.15, 0.2) is 0 Å². The van der Waals surface area contributed by atoms with Gasteiger partial charge in [-0.15, -0.1) is 0 Å². The Labute approximate surface area is 125 Å². The van der Waals surface area contributed by atoms with E-state index in [1.54, 1.807) is 5.57 Å². The van der Waals surface area contributed by atoms with Gasteiger partial charge in [0.25, 0.3) is 0 Å². The predicted octanol–water partition coefficient (Wildman–Crippen LogP) is 2.49. The van der Waals surface area contributed by atoms with Crippen molar-refractivity contribution in [1.29, 1.82) is 0 Å². The van der Waals surface area contributed by atoms with Gasteiger partial charge in [-0.05, 0) is 52.7 Å². The number of piperazine rings is 1. The summed E-state index contributed by atoms with van der Waals surface area (Å²) in [5, 5.41) is 3.45. The Morgan fingerprint density at radius 3 is 2.40 bits per heavy atom. The highest BCUT2D eigenvalue weighted by molar-refractivity contribution is 5.17. The molecule has 3 atom stereocenters. The van der Waals surface area contributed by atoms with Gasteiger partial charge in [0.1, 0.15) is 0 Å². The molecular formula is C17H33N3. The monoisotopic (exact) mass is 279 g/mol. The Hall–Kier alpha value is -0.380. The Kier molecular flexibility index (Phi) is 6.06. The lowest BCUT2D eigenvalue weighted by molar-refractivity contribution is 0.115. The van der Waals surface area contributed by atoms with Gasteiger partial charge in [0.05, 0.1) is 0 Å². The first-order valence-corrected chi connectivity index (χ1v) is 8.51. The van der Waals surface area contributed by atoms with E-state index < -0.39 is 0 Å². The SMILES string of the molecule is C/C=C(\C(C)N1CCNCC1)C(C)N1CCCCC1C. The average Bonchev–Trinajstić information content (AvgIpc) is 2.49. The van der Waals surface area contributed by atoms with E-state index in [-0.39, 0.29) is 0 Å². The van der Waals surface area contributed by atoms with E-state index in [1.807, 2.05) is 0 Å². The smallest absolute Gasteiger partial charge is 0.0297 e. The van der Waals surface area contributed by atoms with Crippen LogP contribution in [0.3, 0.4) is 0 Å². The first-order chi connectivity index (χ1) is 9.65. The third-order valence-electron chi connectivity index (χ3n) is 5.35. The summed E-state index contributed by atoms with van der Waals surface area (Å²) in [5.41, 5.74) is 1.61. The molecule has 2 rings (SSSR count). The van der Waals surface area contributed by atoms with Crippen LogP contribution in [0.4, 0.5) is 0 Å². The summed E-state index contributed by atoms with van der Waals surface area (Å²) >= 11 is 0. The van der Waals surface area contributed by atoms with E-state index in [0.717, 1.165) is 19.1 Å². The van der Waals surface area contributed by atoms with Crippen LogP contribution in [0.1, 0.15) is 47.0 Å². The van der Waals surface area contributed by atoms with E-state index in [4.69, 9.17) is 0 Å². The van der Waals surface area contributed by atoms with Gasteiger partial charge in [-0.3, -0.25) is 9.80 Å². The molecule has 2 heterocycles. The van der Waals surface area contributed by atoms with Crippen molar-refractivity contribution >= 4 is 0 Å². The molecule has 2 aliphatic heterocycles. The zero-order chi connectivity index (χ0) is 14.5. The summed E-state index contributed by atoms with van der Waals surface area (Å²) < 4.78 is 0. The van der Waals surface area contributed by atoms with Gasteiger partial charge in [-0.2, -0.15) is 0 Å². The fraction of sp³-hybridized carbons (Fsp3) is 0.882. The van der Waals surface area contributed by atoms with Gasteiger partial charge < -0.3 is 5.32 Å². The summed E-state index contributed by atoms with van der Waals surface area (Å²) in [6.07, 6.45) is 6.51. The first-order valence-electron chi connectivity index (χ1n) is 8.51. The molecule has 3 unspecified atom stereocenters. The lowest BCUT2D eigenvalue weighted by Gasteiger charge is -2.43. The fourth-order valence-corrected chi connectivity index (χ4v) is 4.00. The molecule has 0 aliphatic carbocycles. The molecular weight excluding hydrogens is 246 g/mol. The number of nitrogens with zero attached hydrogens (tertiary/aromatic N) is 2. The van der Waals surface area contributed by atoms with E-state index in [2.05, 4.69) is 48.9 Å². The highest BCUT2D eigenvalue weighted by Crippen LogP contribution is 2.25. The minimum absolute atomic E-state index is 0.575. The second-order valence-corrected chi connectivity index (χ2v) is 6.51. The summed E-state index contributed by atoms with van der Waals surface area (Å²) in [5.74, 6) is 0. The molecule has 2 aliphatic rings. The lowest BCUT2D eigenvalue weighted by atomic mass is 9.93. The second kappa shape index (κ2) is 7.58. The van der Waals surface area contributed by atoms with Gasteiger partial charge in [0.2, 0.25) is 0 Å². The lowest BCUT2D eigenvalue weighted by Crippen LogP contribution is -2.52. The van der Waals surface area contributed by atoms with Crippen molar-refractivity contribution in [2.24, 2.45) is 0 Å². The maximum absolute atomic E-state index is 3.45. The van der Waals surface area contributed by atoms with Crippen LogP contribution >= 0.6 is 0 Å². The number of nitrogens with one attached hydrogen (secondary N) is 1. The molecule has 0 radical (unpaired) electrons. The molecule has 2 fully saturated rings. The van der Waals surface area contributed by atoms with Gasteiger partial charge in [-0.25, -0.2) is 0 Å². The Bertz CT molecular complexity index is 320. The molecule has 0 saturated carbocycles. The van der Waals surface area contributed by atoms with Crippen LogP contribution in [0.15, 0.2) is 11.6 Å². The highest BCUT2D eigenvalue weighted by Gasteiger charge is 2.29. The normalized spacial score (nSPS) is 30.2. The summed E-state index contributed by atoms with van der Waals surface area (Å²) in [6, 6.07) is 1.90.